The molecule has 0 aromatic rings. The highest BCUT2D eigenvalue weighted by atomic mass is 16.6. The van der Waals surface area contributed by atoms with Crippen molar-refractivity contribution in [3.63, 3.8) is 0 Å². The van der Waals surface area contributed by atoms with E-state index in [-0.39, 0.29) is 12.2 Å². The third kappa shape index (κ3) is 3.42. The monoisotopic (exact) mass is 396 g/mol. The Kier molecular flexibility index (Phi) is 5.91. The summed E-state index contributed by atoms with van der Waals surface area (Å²) in [6.45, 7) is 1.00. The van der Waals surface area contributed by atoms with E-state index in [2.05, 4.69) is 20.1 Å². The van der Waals surface area contributed by atoms with Crippen LogP contribution in [0.2, 0.25) is 0 Å². The lowest BCUT2D eigenvalue weighted by Gasteiger charge is -2.52. The minimum atomic E-state index is -1.23. The fraction of sp³-hybridized carbons (Fsp3) is 1.00. The average Bonchev–Trinajstić information content (AvgIpc) is 2.72. The zero-order valence-corrected chi connectivity index (χ0v) is 15.2. The van der Waals surface area contributed by atoms with E-state index in [1.165, 1.54) is 0 Å². The third-order valence-electron chi connectivity index (χ3n) is 6.02. The molecule has 4 aliphatic rings. The number of aliphatic hydroxyl groups is 2. The van der Waals surface area contributed by atoms with Gasteiger partial charge in [-0.25, -0.2) is 0 Å². The smallest absolute Gasteiger partial charge is 0.113 e. The van der Waals surface area contributed by atoms with Gasteiger partial charge >= 0.3 is 0 Å². The van der Waals surface area contributed by atoms with E-state index in [0.717, 1.165) is 12.8 Å². The van der Waals surface area contributed by atoms with Gasteiger partial charge in [-0.1, -0.05) is 10.2 Å². The number of azide groups is 2. The summed E-state index contributed by atoms with van der Waals surface area (Å²) in [5.74, 6) is 0. The van der Waals surface area contributed by atoms with E-state index in [1.807, 2.05) is 0 Å². The summed E-state index contributed by atoms with van der Waals surface area (Å²) in [5.41, 5.74) is 17.9. The number of nitrogens with zero attached hydrogens (tertiary/aromatic N) is 6. The lowest BCUT2D eigenvalue weighted by Crippen LogP contribution is -2.68. The molecule has 28 heavy (non-hydrogen) atoms. The second kappa shape index (κ2) is 8.40. The fourth-order valence-electron chi connectivity index (χ4n) is 4.75. The Bertz CT molecular complexity index is 614. The first kappa shape index (κ1) is 19.7. The van der Waals surface area contributed by atoms with Gasteiger partial charge < -0.3 is 29.2 Å². The van der Waals surface area contributed by atoms with Crippen molar-refractivity contribution < 1.29 is 29.2 Å². The quantitative estimate of drug-likeness (QED) is 0.408. The predicted octanol–water partition coefficient (Wildman–Crippen LogP) is 0.959. The van der Waals surface area contributed by atoms with Gasteiger partial charge in [-0.15, -0.1) is 0 Å². The molecule has 154 valence electrons. The standard InChI is InChI=1S/C16H24N6O6/c17-21-19-9-11(23)15(27-7-3-1-5-25-13(7)9)16-12(24)10(20-22-18)14-8(28-16)4-2-6-26-14/h7-16,23-24H,1-6H2/t7-,8-,9+,10+,11+,12+,13-,14-,15-,16+/m0/s1. The summed E-state index contributed by atoms with van der Waals surface area (Å²) in [4.78, 5) is 5.70. The molecule has 4 saturated heterocycles. The minimum Gasteiger partial charge on any atom is -0.390 e. The van der Waals surface area contributed by atoms with E-state index in [4.69, 9.17) is 30.0 Å². The normalized spacial score (nSPS) is 48.4. The van der Waals surface area contributed by atoms with Crippen LogP contribution in [-0.2, 0) is 18.9 Å². The second-order valence-electron chi connectivity index (χ2n) is 7.61. The zero-order chi connectivity index (χ0) is 19.7. The Morgan fingerprint density at radius 2 is 1.14 bits per heavy atom. The number of ether oxygens (including phenoxy) is 4. The molecular weight excluding hydrogens is 372 g/mol. The van der Waals surface area contributed by atoms with Gasteiger partial charge in [-0.2, -0.15) is 0 Å². The summed E-state index contributed by atoms with van der Waals surface area (Å²) >= 11 is 0. The number of rotatable bonds is 3. The van der Waals surface area contributed by atoms with E-state index >= 15 is 0 Å². The molecule has 0 bridgehead atoms. The van der Waals surface area contributed by atoms with Crippen LogP contribution in [-0.4, -0.2) is 84.3 Å². The van der Waals surface area contributed by atoms with Crippen LogP contribution < -0.4 is 0 Å². The van der Waals surface area contributed by atoms with Gasteiger partial charge in [0.1, 0.15) is 12.2 Å². The first-order valence-electron chi connectivity index (χ1n) is 9.64. The van der Waals surface area contributed by atoms with E-state index in [1.54, 1.807) is 0 Å². The maximum Gasteiger partial charge on any atom is 0.113 e. The van der Waals surface area contributed by atoms with Crippen LogP contribution in [0.25, 0.3) is 20.9 Å². The Morgan fingerprint density at radius 1 is 0.714 bits per heavy atom. The molecule has 4 fully saturated rings. The molecular formula is C16H24N6O6. The van der Waals surface area contributed by atoms with Crippen LogP contribution in [0.3, 0.4) is 0 Å². The van der Waals surface area contributed by atoms with Gasteiger partial charge in [-0.3, -0.25) is 0 Å². The Hall–Kier alpha value is -1.62. The van der Waals surface area contributed by atoms with Gasteiger partial charge in [-0.05, 0) is 36.7 Å². The van der Waals surface area contributed by atoms with Gasteiger partial charge in [0.2, 0.25) is 0 Å². The van der Waals surface area contributed by atoms with Crippen LogP contribution in [0, 0.1) is 0 Å². The van der Waals surface area contributed by atoms with Gasteiger partial charge in [0.05, 0.1) is 48.7 Å². The van der Waals surface area contributed by atoms with Crippen LogP contribution in [0.1, 0.15) is 25.7 Å². The molecule has 0 spiro atoms. The van der Waals surface area contributed by atoms with Gasteiger partial charge in [0.25, 0.3) is 0 Å². The first-order chi connectivity index (χ1) is 13.7. The van der Waals surface area contributed by atoms with Crippen molar-refractivity contribution in [3.05, 3.63) is 20.9 Å². The predicted molar refractivity (Wildman–Crippen MR) is 93.2 cm³/mol. The van der Waals surface area contributed by atoms with Gasteiger partial charge in [0, 0.05) is 23.0 Å². The van der Waals surface area contributed by atoms with Crippen LogP contribution >= 0.6 is 0 Å². The van der Waals surface area contributed by atoms with Gasteiger partial charge in [0.15, 0.2) is 0 Å². The van der Waals surface area contributed by atoms with Crippen molar-refractivity contribution in [1.29, 1.82) is 0 Å². The second-order valence-corrected chi connectivity index (χ2v) is 7.61. The highest BCUT2D eigenvalue weighted by molar-refractivity contribution is 5.07. The molecule has 0 aromatic heterocycles. The minimum absolute atomic E-state index is 0.383. The molecule has 0 amide bonds. The number of hydrogen-bond donors (Lipinski definition) is 2. The highest BCUT2D eigenvalue weighted by Crippen LogP contribution is 2.38. The summed E-state index contributed by atoms with van der Waals surface area (Å²) in [7, 11) is 0. The van der Waals surface area contributed by atoms with E-state index < -0.39 is 48.7 Å². The van der Waals surface area contributed by atoms with Crippen molar-refractivity contribution in [1.82, 2.24) is 0 Å². The van der Waals surface area contributed by atoms with Crippen molar-refractivity contribution in [2.75, 3.05) is 13.2 Å². The molecule has 4 heterocycles. The summed E-state index contributed by atoms with van der Waals surface area (Å²) in [6, 6.07) is -1.72. The molecule has 4 rings (SSSR count). The molecule has 0 unspecified atom stereocenters. The summed E-state index contributed by atoms with van der Waals surface area (Å²) in [5, 5.41) is 29.2. The SMILES string of the molecule is [N-]=[N+]=N[C@@H]1[C@@H](O)[C@H]([C@H]2O[C@H]3CCCO[C@@H]3[C@H](N=[N+]=[N-])[C@H]2O)O[C@H]2CCCO[C@H]12. The van der Waals surface area contributed by atoms with Crippen molar-refractivity contribution >= 4 is 0 Å². The summed E-state index contributed by atoms with van der Waals surface area (Å²) in [6.07, 6.45) is -3.30. The molecule has 0 aromatic carbocycles. The molecule has 0 saturated carbocycles. The lowest BCUT2D eigenvalue weighted by atomic mass is 9.82. The van der Waals surface area contributed by atoms with Crippen LogP contribution in [0.4, 0.5) is 0 Å². The Morgan fingerprint density at radius 3 is 1.54 bits per heavy atom. The molecule has 12 nitrogen and oxygen atoms in total. The molecule has 4 aliphatic heterocycles. The largest absolute Gasteiger partial charge is 0.390 e. The van der Waals surface area contributed by atoms with Crippen molar-refractivity contribution in [2.24, 2.45) is 10.2 Å². The average molecular weight is 396 g/mol. The molecule has 0 aliphatic carbocycles. The zero-order valence-electron chi connectivity index (χ0n) is 15.2. The lowest BCUT2D eigenvalue weighted by molar-refractivity contribution is -0.284. The number of hydrogen-bond acceptors (Lipinski definition) is 8. The molecule has 2 N–H and O–H groups in total. The molecule has 10 atom stereocenters. The topological polar surface area (TPSA) is 175 Å². The maximum absolute atomic E-state index is 10.9. The van der Waals surface area contributed by atoms with E-state index in [9.17, 15) is 10.2 Å². The third-order valence-corrected chi connectivity index (χ3v) is 6.02. The molecule has 12 heteroatoms. The summed E-state index contributed by atoms with van der Waals surface area (Å²) < 4.78 is 23.5. The Balaban J connectivity index is 1.62. The van der Waals surface area contributed by atoms with Crippen molar-refractivity contribution in [3.8, 4) is 0 Å². The highest BCUT2D eigenvalue weighted by Gasteiger charge is 2.55. The van der Waals surface area contributed by atoms with Crippen LogP contribution in [0.5, 0.6) is 0 Å². The maximum atomic E-state index is 10.9. The Labute approximate surface area is 161 Å². The number of aliphatic hydroxyl groups excluding tert-OH is 2. The van der Waals surface area contributed by atoms with Crippen LogP contribution in [0.15, 0.2) is 10.2 Å². The number of fused-ring (bicyclic) bond motifs is 2. The first-order valence-corrected chi connectivity index (χ1v) is 9.64. The fourth-order valence-corrected chi connectivity index (χ4v) is 4.75. The van der Waals surface area contributed by atoms with E-state index in [0.29, 0.717) is 26.1 Å². The molecule has 0 radical (unpaired) electrons. The van der Waals surface area contributed by atoms with Crippen molar-refractivity contribution in [2.45, 2.75) is 86.6 Å².